The van der Waals surface area contributed by atoms with Gasteiger partial charge in [-0.1, -0.05) is 13.8 Å². The van der Waals surface area contributed by atoms with Gasteiger partial charge in [0.2, 0.25) is 0 Å². The van der Waals surface area contributed by atoms with Crippen molar-refractivity contribution in [2.75, 3.05) is 6.54 Å². The van der Waals surface area contributed by atoms with Crippen molar-refractivity contribution in [3.05, 3.63) is 42.0 Å². The molecular formula is C14H18N4. The van der Waals surface area contributed by atoms with Crippen molar-refractivity contribution >= 4 is 0 Å². The van der Waals surface area contributed by atoms with Crippen molar-refractivity contribution in [3.63, 3.8) is 0 Å². The zero-order valence-corrected chi connectivity index (χ0v) is 10.8. The Hall–Kier alpha value is -1.81. The summed E-state index contributed by atoms with van der Waals surface area (Å²) in [5.74, 6) is 0.782. The van der Waals surface area contributed by atoms with E-state index < -0.39 is 0 Å². The lowest BCUT2D eigenvalue weighted by atomic mass is 10.1. The Morgan fingerprint density at radius 2 is 2.06 bits per heavy atom. The summed E-state index contributed by atoms with van der Waals surface area (Å²) in [5.41, 5.74) is 3.27. The largest absolute Gasteiger partial charge is 0.311 e. The zero-order chi connectivity index (χ0) is 12.8. The van der Waals surface area contributed by atoms with Crippen LogP contribution in [0.15, 0.2) is 30.7 Å². The first-order valence-corrected chi connectivity index (χ1v) is 6.31. The maximum atomic E-state index is 4.59. The van der Waals surface area contributed by atoms with Crippen LogP contribution in [-0.2, 0) is 13.0 Å². The van der Waals surface area contributed by atoms with Crippen LogP contribution in [0.5, 0.6) is 0 Å². The molecule has 0 fully saturated rings. The molecule has 0 unspecified atom stereocenters. The van der Waals surface area contributed by atoms with E-state index in [9.17, 15) is 0 Å². The molecule has 0 amide bonds. The number of nitrogens with zero attached hydrogens (tertiary/aromatic N) is 3. The quantitative estimate of drug-likeness (QED) is 0.873. The molecule has 94 valence electrons. The minimum Gasteiger partial charge on any atom is -0.311 e. The summed E-state index contributed by atoms with van der Waals surface area (Å²) in [4.78, 5) is 13.1. The molecule has 2 rings (SSSR count). The molecule has 4 heteroatoms. The Balaban J connectivity index is 2.32. The van der Waals surface area contributed by atoms with Gasteiger partial charge in [-0.3, -0.25) is 4.98 Å². The second-order valence-electron chi connectivity index (χ2n) is 4.04. The fourth-order valence-corrected chi connectivity index (χ4v) is 1.80. The van der Waals surface area contributed by atoms with Crippen molar-refractivity contribution in [1.82, 2.24) is 20.3 Å². The third kappa shape index (κ3) is 2.90. The Labute approximate surface area is 108 Å². The van der Waals surface area contributed by atoms with Crippen LogP contribution in [0.3, 0.4) is 0 Å². The lowest BCUT2D eigenvalue weighted by Crippen LogP contribution is -2.13. The molecule has 0 spiro atoms. The SMILES string of the molecule is CCNCc1ccnc(-c2ccncc2CC)n1. The van der Waals surface area contributed by atoms with Gasteiger partial charge in [-0.15, -0.1) is 0 Å². The number of nitrogens with one attached hydrogen (secondary N) is 1. The average molecular weight is 242 g/mol. The summed E-state index contributed by atoms with van der Waals surface area (Å²) in [6, 6.07) is 3.92. The fraction of sp³-hybridized carbons (Fsp3) is 0.357. The van der Waals surface area contributed by atoms with Crippen molar-refractivity contribution < 1.29 is 0 Å². The van der Waals surface area contributed by atoms with Gasteiger partial charge in [-0.2, -0.15) is 0 Å². The average Bonchev–Trinajstić information content (AvgIpc) is 2.45. The van der Waals surface area contributed by atoms with Crippen LogP contribution < -0.4 is 5.32 Å². The van der Waals surface area contributed by atoms with Gasteiger partial charge >= 0.3 is 0 Å². The fourth-order valence-electron chi connectivity index (χ4n) is 1.80. The Bertz CT molecular complexity index is 511. The first kappa shape index (κ1) is 12.6. The van der Waals surface area contributed by atoms with E-state index in [4.69, 9.17) is 0 Å². The third-order valence-corrected chi connectivity index (χ3v) is 2.79. The minimum absolute atomic E-state index is 0.776. The molecule has 0 saturated carbocycles. The van der Waals surface area contributed by atoms with Gasteiger partial charge < -0.3 is 5.32 Å². The molecule has 2 aromatic rings. The van der Waals surface area contributed by atoms with Gasteiger partial charge in [0.25, 0.3) is 0 Å². The lowest BCUT2D eigenvalue weighted by Gasteiger charge is -2.07. The second kappa shape index (κ2) is 6.21. The molecule has 0 aliphatic heterocycles. The Kier molecular flexibility index (Phi) is 4.36. The topological polar surface area (TPSA) is 50.7 Å². The summed E-state index contributed by atoms with van der Waals surface area (Å²) in [6.45, 7) is 5.91. The van der Waals surface area contributed by atoms with Gasteiger partial charge in [-0.25, -0.2) is 9.97 Å². The van der Waals surface area contributed by atoms with Crippen LogP contribution in [0, 0.1) is 0 Å². The van der Waals surface area contributed by atoms with Gasteiger partial charge in [0, 0.05) is 30.7 Å². The molecule has 0 atom stereocenters. The smallest absolute Gasteiger partial charge is 0.159 e. The highest BCUT2D eigenvalue weighted by atomic mass is 14.9. The summed E-state index contributed by atoms with van der Waals surface area (Å²) in [5, 5.41) is 3.27. The molecule has 0 saturated heterocycles. The van der Waals surface area contributed by atoms with Gasteiger partial charge in [-0.05, 0) is 30.7 Å². The summed E-state index contributed by atoms with van der Waals surface area (Å²) < 4.78 is 0. The van der Waals surface area contributed by atoms with Crippen molar-refractivity contribution in [2.45, 2.75) is 26.8 Å². The molecule has 0 radical (unpaired) electrons. The summed E-state index contributed by atoms with van der Waals surface area (Å²) in [7, 11) is 0. The summed E-state index contributed by atoms with van der Waals surface area (Å²) in [6.07, 6.45) is 6.42. The molecule has 0 aromatic carbocycles. The molecule has 2 aromatic heterocycles. The number of rotatable bonds is 5. The van der Waals surface area contributed by atoms with Gasteiger partial charge in [0.1, 0.15) is 0 Å². The minimum atomic E-state index is 0.776. The molecule has 0 aliphatic rings. The zero-order valence-electron chi connectivity index (χ0n) is 10.8. The van der Waals surface area contributed by atoms with E-state index in [1.807, 2.05) is 24.5 Å². The van der Waals surface area contributed by atoms with Gasteiger partial charge in [0.05, 0.1) is 5.69 Å². The molecule has 2 heterocycles. The van der Waals surface area contributed by atoms with Crippen LogP contribution in [-0.4, -0.2) is 21.5 Å². The van der Waals surface area contributed by atoms with Crippen LogP contribution >= 0.6 is 0 Å². The highest BCUT2D eigenvalue weighted by molar-refractivity contribution is 5.59. The highest BCUT2D eigenvalue weighted by Crippen LogP contribution is 2.19. The van der Waals surface area contributed by atoms with Crippen molar-refractivity contribution in [1.29, 1.82) is 0 Å². The number of hydrogen-bond donors (Lipinski definition) is 1. The van der Waals surface area contributed by atoms with Crippen LogP contribution in [0.4, 0.5) is 0 Å². The highest BCUT2D eigenvalue weighted by Gasteiger charge is 2.07. The first-order valence-electron chi connectivity index (χ1n) is 6.31. The molecule has 1 N–H and O–H groups in total. The summed E-state index contributed by atoms with van der Waals surface area (Å²) >= 11 is 0. The van der Waals surface area contributed by atoms with E-state index in [0.29, 0.717) is 0 Å². The number of aromatic nitrogens is 3. The van der Waals surface area contributed by atoms with E-state index in [1.165, 1.54) is 5.56 Å². The molecule has 18 heavy (non-hydrogen) atoms. The van der Waals surface area contributed by atoms with E-state index in [1.54, 1.807) is 6.20 Å². The normalized spacial score (nSPS) is 10.6. The van der Waals surface area contributed by atoms with Gasteiger partial charge in [0.15, 0.2) is 5.82 Å². The van der Waals surface area contributed by atoms with E-state index in [0.717, 1.165) is 36.6 Å². The van der Waals surface area contributed by atoms with E-state index in [2.05, 4.69) is 34.1 Å². The second-order valence-corrected chi connectivity index (χ2v) is 4.04. The number of hydrogen-bond acceptors (Lipinski definition) is 4. The van der Waals surface area contributed by atoms with Crippen LogP contribution in [0.1, 0.15) is 25.1 Å². The van der Waals surface area contributed by atoms with E-state index >= 15 is 0 Å². The maximum Gasteiger partial charge on any atom is 0.159 e. The third-order valence-electron chi connectivity index (χ3n) is 2.79. The lowest BCUT2D eigenvalue weighted by molar-refractivity contribution is 0.709. The number of pyridine rings is 1. The number of aryl methyl sites for hydroxylation is 1. The van der Waals surface area contributed by atoms with Crippen molar-refractivity contribution in [3.8, 4) is 11.4 Å². The Morgan fingerprint density at radius 3 is 2.83 bits per heavy atom. The Morgan fingerprint density at radius 1 is 1.17 bits per heavy atom. The molecule has 4 nitrogen and oxygen atoms in total. The monoisotopic (exact) mass is 242 g/mol. The predicted molar refractivity (Wildman–Crippen MR) is 72.0 cm³/mol. The van der Waals surface area contributed by atoms with E-state index in [-0.39, 0.29) is 0 Å². The standard InChI is InChI=1S/C14H18N4/c1-3-11-9-16-7-6-13(11)14-17-8-5-12(18-14)10-15-4-2/h5-9,15H,3-4,10H2,1-2H3. The van der Waals surface area contributed by atoms with Crippen molar-refractivity contribution in [2.24, 2.45) is 0 Å². The van der Waals surface area contributed by atoms with Crippen LogP contribution in [0.2, 0.25) is 0 Å². The molecular weight excluding hydrogens is 224 g/mol. The predicted octanol–water partition coefficient (Wildman–Crippen LogP) is 2.21. The molecule has 0 aliphatic carbocycles. The van der Waals surface area contributed by atoms with Crippen LogP contribution in [0.25, 0.3) is 11.4 Å². The maximum absolute atomic E-state index is 4.59. The first-order chi connectivity index (χ1) is 8.85. The molecule has 0 bridgehead atoms.